The van der Waals surface area contributed by atoms with Crippen LogP contribution >= 0.6 is 15.9 Å². The number of oxazole rings is 1. The first-order valence-corrected chi connectivity index (χ1v) is 10.9. The van der Waals surface area contributed by atoms with Crippen molar-refractivity contribution in [1.82, 2.24) is 14.8 Å². The van der Waals surface area contributed by atoms with E-state index in [1.54, 1.807) is 29.0 Å². The second-order valence-electron chi connectivity index (χ2n) is 7.06. The van der Waals surface area contributed by atoms with Crippen LogP contribution in [0.15, 0.2) is 63.6 Å². The van der Waals surface area contributed by atoms with Crippen molar-refractivity contribution in [3.63, 3.8) is 0 Å². The molecular weight excluding hydrogens is 462 g/mol. The van der Waals surface area contributed by atoms with Crippen molar-refractivity contribution in [2.75, 3.05) is 32.8 Å². The molecule has 160 valence electrons. The highest BCUT2D eigenvalue weighted by molar-refractivity contribution is 9.10. The number of rotatable bonds is 4. The van der Waals surface area contributed by atoms with Crippen molar-refractivity contribution in [2.24, 2.45) is 0 Å². The molecule has 2 heterocycles. The lowest BCUT2D eigenvalue weighted by molar-refractivity contribution is 0.0571. The van der Waals surface area contributed by atoms with Crippen LogP contribution in [-0.2, 0) is 4.74 Å². The molecule has 0 spiro atoms. The van der Waals surface area contributed by atoms with E-state index in [-0.39, 0.29) is 12.0 Å². The van der Waals surface area contributed by atoms with E-state index in [9.17, 15) is 9.59 Å². The molecule has 8 heteroatoms. The summed E-state index contributed by atoms with van der Waals surface area (Å²) in [4.78, 5) is 32.9. The van der Waals surface area contributed by atoms with Gasteiger partial charge in [-0.3, -0.25) is 4.79 Å². The number of carbonyl (C=O) groups excluding carboxylic acids is 2. The lowest BCUT2D eigenvalue weighted by atomic mass is 10.1. The summed E-state index contributed by atoms with van der Waals surface area (Å²) in [5.74, 6) is 0.919. The van der Waals surface area contributed by atoms with Crippen LogP contribution in [0.25, 0.3) is 22.8 Å². The van der Waals surface area contributed by atoms with Gasteiger partial charge in [0.1, 0.15) is 0 Å². The van der Waals surface area contributed by atoms with E-state index in [1.165, 1.54) is 0 Å². The van der Waals surface area contributed by atoms with E-state index in [4.69, 9.17) is 9.15 Å². The number of ether oxygens (including phenoxy) is 1. The lowest BCUT2D eigenvalue weighted by Crippen LogP contribution is -2.50. The number of benzene rings is 2. The van der Waals surface area contributed by atoms with Crippen LogP contribution in [0.2, 0.25) is 0 Å². The molecule has 1 aromatic heterocycles. The van der Waals surface area contributed by atoms with Crippen LogP contribution in [0.4, 0.5) is 4.79 Å². The molecule has 0 saturated carbocycles. The van der Waals surface area contributed by atoms with Crippen molar-refractivity contribution in [2.45, 2.75) is 6.92 Å². The summed E-state index contributed by atoms with van der Waals surface area (Å²) in [5.41, 5.74) is 2.07. The molecule has 2 amide bonds. The Labute approximate surface area is 188 Å². The molecule has 1 fully saturated rings. The van der Waals surface area contributed by atoms with E-state index in [0.29, 0.717) is 55.6 Å². The predicted octanol–water partition coefficient (Wildman–Crippen LogP) is 4.69. The van der Waals surface area contributed by atoms with Crippen molar-refractivity contribution in [1.29, 1.82) is 0 Å². The van der Waals surface area contributed by atoms with Crippen molar-refractivity contribution in [3.05, 3.63) is 64.8 Å². The van der Waals surface area contributed by atoms with E-state index in [0.717, 1.165) is 10.0 Å². The first-order chi connectivity index (χ1) is 15.1. The molecule has 1 aliphatic heterocycles. The molecule has 0 bridgehead atoms. The van der Waals surface area contributed by atoms with Crippen LogP contribution in [0, 0.1) is 0 Å². The number of piperazine rings is 1. The molecule has 0 radical (unpaired) electrons. The summed E-state index contributed by atoms with van der Waals surface area (Å²) < 4.78 is 12.0. The van der Waals surface area contributed by atoms with Gasteiger partial charge >= 0.3 is 6.09 Å². The quantitative estimate of drug-likeness (QED) is 0.538. The Balaban J connectivity index is 1.52. The molecule has 1 saturated heterocycles. The SMILES string of the molecule is CCOC(=O)N1CCN(C(=O)c2ccccc2-c2ncc(-c3ccc(Br)cc3)o2)CC1. The minimum atomic E-state index is -0.338. The number of halogens is 1. The highest BCUT2D eigenvalue weighted by Gasteiger charge is 2.27. The normalized spacial score (nSPS) is 13.9. The summed E-state index contributed by atoms with van der Waals surface area (Å²) in [5, 5.41) is 0. The number of aromatic nitrogens is 1. The lowest BCUT2D eigenvalue weighted by Gasteiger charge is -2.34. The Kier molecular flexibility index (Phi) is 6.36. The Morgan fingerprint density at radius 1 is 1.03 bits per heavy atom. The molecule has 3 aromatic rings. The number of amides is 2. The third kappa shape index (κ3) is 4.64. The molecule has 2 aromatic carbocycles. The Morgan fingerprint density at radius 2 is 1.71 bits per heavy atom. The maximum absolute atomic E-state index is 13.2. The minimum Gasteiger partial charge on any atom is -0.450 e. The third-order valence-corrected chi connectivity index (χ3v) is 5.64. The largest absolute Gasteiger partial charge is 0.450 e. The van der Waals surface area contributed by atoms with Crippen LogP contribution in [0.5, 0.6) is 0 Å². The zero-order valence-corrected chi connectivity index (χ0v) is 18.7. The number of carbonyl (C=O) groups is 2. The molecule has 0 unspecified atom stereocenters. The van der Waals surface area contributed by atoms with Gasteiger partial charge in [-0.1, -0.05) is 40.2 Å². The van der Waals surface area contributed by atoms with Crippen LogP contribution in [0.1, 0.15) is 17.3 Å². The van der Waals surface area contributed by atoms with Crippen LogP contribution < -0.4 is 0 Å². The van der Waals surface area contributed by atoms with Gasteiger partial charge in [0.15, 0.2) is 5.76 Å². The van der Waals surface area contributed by atoms with Crippen molar-refractivity contribution >= 4 is 27.9 Å². The van der Waals surface area contributed by atoms with Gasteiger partial charge in [-0.05, 0) is 31.2 Å². The Hall–Kier alpha value is -3.13. The van der Waals surface area contributed by atoms with E-state index < -0.39 is 0 Å². The van der Waals surface area contributed by atoms with Gasteiger partial charge in [0.2, 0.25) is 5.89 Å². The summed E-state index contributed by atoms with van der Waals surface area (Å²) in [6.07, 6.45) is 1.33. The van der Waals surface area contributed by atoms with E-state index in [2.05, 4.69) is 20.9 Å². The Morgan fingerprint density at radius 3 is 2.42 bits per heavy atom. The molecule has 0 atom stereocenters. The fourth-order valence-electron chi connectivity index (χ4n) is 3.48. The van der Waals surface area contributed by atoms with Gasteiger partial charge in [-0.15, -0.1) is 0 Å². The van der Waals surface area contributed by atoms with Crippen LogP contribution in [0.3, 0.4) is 0 Å². The predicted molar refractivity (Wildman–Crippen MR) is 120 cm³/mol. The highest BCUT2D eigenvalue weighted by atomic mass is 79.9. The summed E-state index contributed by atoms with van der Waals surface area (Å²) in [6.45, 7) is 3.89. The molecule has 4 rings (SSSR count). The second-order valence-corrected chi connectivity index (χ2v) is 7.98. The van der Waals surface area contributed by atoms with E-state index in [1.807, 2.05) is 42.5 Å². The minimum absolute atomic E-state index is 0.109. The molecule has 0 aliphatic carbocycles. The van der Waals surface area contributed by atoms with Gasteiger partial charge in [-0.2, -0.15) is 0 Å². The van der Waals surface area contributed by atoms with Gasteiger partial charge in [0, 0.05) is 41.8 Å². The molecule has 0 N–H and O–H groups in total. The van der Waals surface area contributed by atoms with Crippen LogP contribution in [-0.4, -0.2) is 59.6 Å². The van der Waals surface area contributed by atoms with E-state index >= 15 is 0 Å². The number of nitrogens with zero attached hydrogens (tertiary/aromatic N) is 3. The van der Waals surface area contributed by atoms with Crippen molar-refractivity contribution in [3.8, 4) is 22.8 Å². The Bertz CT molecular complexity index is 1070. The first kappa shape index (κ1) is 21.1. The summed E-state index contributed by atoms with van der Waals surface area (Å²) in [7, 11) is 0. The highest BCUT2D eigenvalue weighted by Crippen LogP contribution is 2.29. The third-order valence-electron chi connectivity index (χ3n) is 5.12. The van der Waals surface area contributed by atoms with Gasteiger partial charge in [0.25, 0.3) is 5.91 Å². The second kappa shape index (κ2) is 9.34. The standard InChI is InChI=1S/C23H22BrN3O4/c1-2-30-23(29)27-13-11-26(12-14-27)22(28)19-6-4-3-5-18(19)21-25-15-20(31-21)16-7-9-17(24)10-8-16/h3-10,15H,2,11-14H2,1H3. The molecule has 1 aliphatic rings. The van der Waals surface area contributed by atoms with Crippen molar-refractivity contribution < 1.29 is 18.7 Å². The maximum Gasteiger partial charge on any atom is 0.409 e. The summed E-state index contributed by atoms with van der Waals surface area (Å²) >= 11 is 3.43. The fourth-order valence-corrected chi connectivity index (χ4v) is 3.74. The van der Waals surface area contributed by atoms with Gasteiger partial charge in [0.05, 0.1) is 18.4 Å². The average Bonchev–Trinajstić information content (AvgIpc) is 3.29. The monoisotopic (exact) mass is 483 g/mol. The first-order valence-electron chi connectivity index (χ1n) is 10.1. The molecular formula is C23H22BrN3O4. The topological polar surface area (TPSA) is 75.9 Å². The molecule has 31 heavy (non-hydrogen) atoms. The smallest absolute Gasteiger partial charge is 0.409 e. The maximum atomic E-state index is 13.2. The zero-order chi connectivity index (χ0) is 21.8. The molecule has 7 nitrogen and oxygen atoms in total. The number of hydrogen-bond acceptors (Lipinski definition) is 5. The fraction of sp³-hybridized carbons (Fsp3) is 0.261. The zero-order valence-electron chi connectivity index (χ0n) is 17.1. The van der Waals surface area contributed by atoms with Gasteiger partial charge < -0.3 is 19.0 Å². The average molecular weight is 484 g/mol. The number of hydrogen-bond donors (Lipinski definition) is 0. The summed E-state index contributed by atoms with van der Waals surface area (Å²) in [6, 6.07) is 15.0. The van der Waals surface area contributed by atoms with Gasteiger partial charge in [-0.25, -0.2) is 9.78 Å².